The van der Waals surface area contributed by atoms with Gasteiger partial charge in [-0.05, 0) is 40.5 Å². The smallest absolute Gasteiger partial charge is 0.289 e. The van der Waals surface area contributed by atoms with Crippen LogP contribution in [0.3, 0.4) is 0 Å². The Morgan fingerprint density at radius 1 is 1.17 bits per heavy atom. The Morgan fingerprint density at radius 3 is 2.11 bits per heavy atom. The summed E-state index contributed by atoms with van der Waals surface area (Å²) in [6.45, 7) is 11.9. The van der Waals surface area contributed by atoms with E-state index in [2.05, 4.69) is 10.6 Å². The lowest BCUT2D eigenvalue weighted by molar-refractivity contribution is -0.139. The van der Waals surface area contributed by atoms with Gasteiger partial charge in [-0.15, -0.1) is 0 Å². The monoisotopic (exact) mass is 256 g/mol. The molecule has 0 spiro atoms. The molecule has 4 heteroatoms. The summed E-state index contributed by atoms with van der Waals surface area (Å²) >= 11 is 0. The maximum Gasteiger partial charge on any atom is 0.289 e. The van der Waals surface area contributed by atoms with Gasteiger partial charge in [0.05, 0.1) is 6.04 Å². The Hall–Kier alpha value is -0.900. The second-order valence-electron chi connectivity index (χ2n) is 5.88. The first-order chi connectivity index (χ1) is 8.21. The highest BCUT2D eigenvalue weighted by atomic mass is 16.2. The number of hydrogen-bond donors (Lipinski definition) is 2. The number of hydrogen-bond acceptors (Lipinski definition) is 3. The molecule has 2 atom stereocenters. The lowest BCUT2D eigenvalue weighted by Gasteiger charge is -2.27. The van der Waals surface area contributed by atoms with Gasteiger partial charge < -0.3 is 10.6 Å². The molecular formula is C14H28N2O2. The zero-order valence-corrected chi connectivity index (χ0v) is 12.6. The number of carbonyl (C=O) groups excluding carboxylic acids is 2. The molecule has 0 fully saturated rings. The molecule has 0 saturated carbocycles. The van der Waals surface area contributed by atoms with E-state index in [0.717, 1.165) is 12.8 Å². The van der Waals surface area contributed by atoms with Gasteiger partial charge in [0.15, 0.2) is 0 Å². The molecule has 1 amide bonds. The topological polar surface area (TPSA) is 58.2 Å². The lowest BCUT2D eigenvalue weighted by atomic mass is 10.0. The van der Waals surface area contributed by atoms with Crippen LogP contribution in [0.25, 0.3) is 0 Å². The van der Waals surface area contributed by atoms with E-state index in [1.165, 1.54) is 0 Å². The standard InChI is InChI=1S/C14H28N2O2/c1-7-9-11(16-14(4,5)6)12(17)13(18)15-10(3)8-2/h10-11,16H,7-9H2,1-6H3,(H,15,18). The second-order valence-corrected chi connectivity index (χ2v) is 5.88. The minimum atomic E-state index is -0.473. The lowest BCUT2D eigenvalue weighted by Crippen LogP contribution is -2.52. The molecule has 0 saturated heterocycles. The van der Waals surface area contributed by atoms with Crippen LogP contribution in [0.15, 0.2) is 0 Å². The summed E-state index contributed by atoms with van der Waals surface area (Å²) in [5, 5.41) is 5.94. The first-order valence-corrected chi connectivity index (χ1v) is 6.83. The van der Waals surface area contributed by atoms with E-state index in [1.54, 1.807) is 0 Å². The molecule has 0 aromatic heterocycles. The Kier molecular flexibility index (Phi) is 7.14. The largest absolute Gasteiger partial charge is 0.347 e. The molecule has 0 rings (SSSR count). The Balaban J connectivity index is 4.60. The van der Waals surface area contributed by atoms with Crippen LogP contribution in [0, 0.1) is 0 Å². The maximum absolute atomic E-state index is 12.1. The zero-order chi connectivity index (χ0) is 14.3. The van der Waals surface area contributed by atoms with Gasteiger partial charge in [-0.1, -0.05) is 20.3 Å². The molecule has 0 heterocycles. The summed E-state index contributed by atoms with van der Waals surface area (Å²) in [5.74, 6) is -0.827. The Labute approximate surface area is 111 Å². The average Bonchev–Trinajstić information content (AvgIpc) is 2.25. The molecule has 0 aliphatic carbocycles. The Morgan fingerprint density at radius 2 is 1.72 bits per heavy atom. The van der Waals surface area contributed by atoms with Gasteiger partial charge in [0.2, 0.25) is 5.78 Å². The molecule has 2 N–H and O–H groups in total. The number of rotatable bonds is 7. The van der Waals surface area contributed by atoms with Crippen molar-refractivity contribution < 1.29 is 9.59 Å². The van der Waals surface area contributed by atoms with Crippen molar-refractivity contribution in [3.63, 3.8) is 0 Å². The van der Waals surface area contributed by atoms with Crippen molar-refractivity contribution in [1.29, 1.82) is 0 Å². The highest BCUT2D eigenvalue weighted by molar-refractivity contribution is 6.38. The molecule has 2 unspecified atom stereocenters. The molecule has 106 valence electrons. The summed E-state index contributed by atoms with van der Waals surface area (Å²) in [5.41, 5.74) is -0.174. The van der Waals surface area contributed by atoms with Crippen LogP contribution in [0.1, 0.15) is 60.8 Å². The SMILES string of the molecule is CCCC(NC(C)(C)C)C(=O)C(=O)NC(C)CC. The molecule has 0 aliphatic heterocycles. The van der Waals surface area contributed by atoms with E-state index in [1.807, 2.05) is 41.5 Å². The minimum Gasteiger partial charge on any atom is -0.347 e. The summed E-state index contributed by atoms with van der Waals surface area (Å²) in [7, 11) is 0. The van der Waals surface area contributed by atoms with Gasteiger partial charge in [-0.2, -0.15) is 0 Å². The third-order valence-corrected chi connectivity index (χ3v) is 2.71. The molecule has 4 nitrogen and oxygen atoms in total. The molecular weight excluding hydrogens is 228 g/mol. The third kappa shape index (κ3) is 6.74. The summed E-state index contributed by atoms with van der Waals surface area (Å²) in [4.78, 5) is 23.9. The van der Waals surface area contributed by atoms with E-state index in [0.29, 0.717) is 6.42 Å². The van der Waals surface area contributed by atoms with Crippen LogP contribution in [-0.4, -0.2) is 29.3 Å². The summed E-state index contributed by atoms with van der Waals surface area (Å²) in [6.07, 6.45) is 2.38. The molecule has 0 radical (unpaired) electrons. The van der Waals surface area contributed by atoms with Crippen molar-refractivity contribution in [2.45, 2.75) is 78.4 Å². The van der Waals surface area contributed by atoms with Crippen LogP contribution >= 0.6 is 0 Å². The summed E-state index contributed by atoms with van der Waals surface area (Å²) in [6, 6.07) is -0.350. The van der Waals surface area contributed by atoms with E-state index < -0.39 is 5.91 Å². The van der Waals surface area contributed by atoms with E-state index in [9.17, 15) is 9.59 Å². The number of amides is 1. The van der Waals surface area contributed by atoms with Crippen LogP contribution in [0.2, 0.25) is 0 Å². The van der Waals surface area contributed by atoms with Gasteiger partial charge in [-0.25, -0.2) is 0 Å². The minimum absolute atomic E-state index is 0.0402. The third-order valence-electron chi connectivity index (χ3n) is 2.71. The quantitative estimate of drug-likeness (QED) is 0.685. The Bertz CT molecular complexity index is 282. The van der Waals surface area contributed by atoms with Crippen LogP contribution < -0.4 is 10.6 Å². The van der Waals surface area contributed by atoms with Gasteiger partial charge in [0.25, 0.3) is 5.91 Å². The molecule has 0 aromatic carbocycles. The van der Waals surface area contributed by atoms with E-state index in [-0.39, 0.29) is 23.4 Å². The van der Waals surface area contributed by atoms with Crippen molar-refractivity contribution in [2.75, 3.05) is 0 Å². The van der Waals surface area contributed by atoms with Crippen LogP contribution in [-0.2, 0) is 9.59 Å². The van der Waals surface area contributed by atoms with Crippen molar-refractivity contribution >= 4 is 11.7 Å². The fraction of sp³-hybridized carbons (Fsp3) is 0.857. The second kappa shape index (κ2) is 7.52. The number of Topliss-reactive ketones (excluding diaryl/α,β-unsaturated/α-hetero) is 1. The first-order valence-electron chi connectivity index (χ1n) is 6.83. The summed E-state index contributed by atoms with van der Waals surface area (Å²) < 4.78 is 0. The van der Waals surface area contributed by atoms with Crippen molar-refractivity contribution in [2.24, 2.45) is 0 Å². The predicted octanol–water partition coefficient (Wildman–Crippen LogP) is 2.03. The van der Waals surface area contributed by atoms with Crippen LogP contribution in [0.5, 0.6) is 0 Å². The van der Waals surface area contributed by atoms with Crippen molar-refractivity contribution in [1.82, 2.24) is 10.6 Å². The average molecular weight is 256 g/mol. The van der Waals surface area contributed by atoms with E-state index >= 15 is 0 Å². The fourth-order valence-electron chi connectivity index (χ4n) is 1.64. The molecule has 0 bridgehead atoms. The van der Waals surface area contributed by atoms with Gasteiger partial charge in [-0.3, -0.25) is 9.59 Å². The van der Waals surface area contributed by atoms with Gasteiger partial charge >= 0.3 is 0 Å². The highest BCUT2D eigenvalue weighted by Crippen LogP contribution is 2.07. The van der Waals surface area contributed by atoms with Gasteiger partial charge in [0.1, 0.15) is 0 Å². The number of carbonyl (C=O) groups is 2. The maximum atomic E-state index is 12.1. The molecule has 0 aliphatic rings. The fourth-order valence-corrected chi connectivity index (χ4v) is 1.64. The normalized spacial score (nSPS) is 15.0. The van der Waals surface area contributed by atoms with Crippen LogP contribution in [0.4, 0.5) is 0 Å². The van der Waals surface area contributed by atoms with Crippen molar-refractivity contribution in [3.8, 4) is 0 Å². The van der Waals surface area contributed by atoms with E-state index in [4.69, 9.17) is 0 Å². The van der Waals surface area contributed by atoms with Crippen molar-refractivity contribution in [3.05, 3.63) is 0 Å². The zero-order valence-electron chi connectivity index (χ0n) is 12.6. The number of nitrogens with one attached hydrogen (secondary N) is 2. The number of ketones is 1. The molecule has 18 heavy (non-hydrogen) atoms. The molecule has 0 aromatic rings. The first kappa shape index (κ1) is 17.1. The highest BCUT2D eigenvalue weighted by Gasteiger charge is 2.28. The van der Waals surface area contributed by atoms with Gasteiger partial charge in [0, 0.05) is 11.6 Å². The predicted molar refractivity (Wildman–Crippen MR) is 74.5 cm³/mol.